The minimum atomic E-state index is 0.541. The van der Waals surface area contributed by atoms with Crippen LogP contribution in [0.15, 0.2) is 46.5 Å². The van der Waals surface area contributed by atoms with Crippen LogP contribution in [0.25, 0.3) is 21.7 Å². The average molecular weight is 257 g/mol. The van der Waals surface area contributed by atoms with E-state index in [1.165, 1.54) is 0 Å². The molecule has 3 rings (SSSR count). The second-order valence-corrected chi connectivity index (χ2v) is 4.83. The van der Waals surface area contributed by atoms with Crippen molar-refractivity contribution >= 4 is 27.5 Å². The molecule has 90 valence electrons. The van der Waals surface area contributed by atoms with Crippen LogP contribution in [0.1, 0.15) is 6.92 Å². The molecule has 0 aliphatic rings. The smallest absolute Gasteiger partial charge is 0.228 e. The molecule has 0 aliphatic heterocycles. The minimum Gasteiger partial charge on any atom is -0.463 e. The van der Waals surface area contributed by atoms with Crippen LogP contribution >= 0.6 is 11.3 Å². The normalized spacial score (nSPS) is 10.7. The predicted octanol–water partition coefficient (Wildman–Crippen LogP) is 3.90. The highest BCUT2D eigenvalue weighted by atomic mass is 32.1. The molecular weight excluding hydrogens is 246 g/mol. The number of hydrogen-bond acceptors (Lipinski definition) is 5. The summed E-state index contributed by atoms with van der Waals surface area (Å²) in [6.07, 6.45) is 1.64. The van der Waals surface area contributed by atoms with Gasteiger partial charge in [0.2, 0.25) is 5.95 Å². The number of hydrogen-bond donors (Lipinski definition) is 1. The number of furan rings is 1. The molecular formula is C13H11N3OS. The van der Waals surface area contributed by atoms with Gasteiger partial charge in [0.05, 0.1) is 16.5 Å². The van der Waals surface area contributed by atoms with Gasteiger partial charge in [0.15, 0.2) is 5.76 Å². The third-order valence-corrected chi connectivity index (χ3v) is 3.29. The summed E-state index contributed by atoms with van der Waals surface area (Å²) in [7, 11) is 0. The van der Waals surface area contributed by atoms with Crippen molar-refractivity contribution in [1.82, 2.24) is 9.97 Å². The zero-order valence-corrected chi connectivity index (χ0v) is 10.6. The van der Waals surface area contributed by atoms with E-state index in [9.17, 15) is 0 Å². The number of allylic oxidation sites excluding steroid dienone is 1. The Labute approximate surface area is 108 Å². The lowest BCUT2D eigenvalue weighted by Gasteiger charge is -2.05. The van der Waals surface area contributed by atoms with E-state index in [2.05, 4.69) is 21.9 Å². The average Bonchev–Trinajstić information content (AvgIpc) is 2.97. The molecule has 0 atom stereocenters. The zero-order chi connectivity index (χ0) is 12.5. The standard InChI is InChI=1S/C13H11N3OS/c1-8(2)14-13-15-9-5-7-18-12(9)11(16-13)10-4-3-6-17-10/h3-7H,1H2,2H3,(H,14,15,16). The quantitative estimate of drug-likeness (QED) is 0.773. The molecule has 3 aromatic rings. The van der Waals surface area contributed by atoms with Gasteiger partial charge in [0.25, 0.3) is 0 Å². The van der Waals surface area contributed by atoms with Crippen molar-refractivity contribution in [1.29, 1.82) is 0 Å². The van der Waals surface area contributed by atoms with Gasteiger partial charge in [-0.3, -0.25) is 0 Å². The maximum atomic E-state index is 5.42. The molecule has 1 N–H and O–H groups in total. The Morgan fingerprint density at radius 3 is 3.00 bits per heavy atom. The summed E-state index contributed by atoms with van der Waals surface area (Å²) in [5.74, 6) is 1.29. The number of aromatic nitrogens is 2. The Morgan fingerprint density at radius 2 is 2.28 bits per heavy atom. The Balaban J connectivity index is 2.21. The van der Waals surface area contributed by atoms with Crippen molar-refractivity contribution in [3.8, 4) is 11.5 Å². The topological polar surface area (TPSA) is 51.0 Å². The van der Waals surface area contributed by atoms with Gasteiger partial charge in [-0.1, -0.05) is 6.58 Å². The lowest BCUT2D eigenvalue weighted by atomic mass is 10.3. The van der Waals surface area contributed by atoms with Gasteiger partial charge in [-0.15, -0.1) is 11.3 Å². The van der Waals surface area contributed by atoms with Gasteiger partial charge < -0.3 is 9.73 Å². The fourth-order valence-electron chi connectivity index (χ4n) is 1.69. The van der Waals surface area contributed by atoms with Crippen molar-refractivity contribution in [3.05, 3.63) is 42.1 Å². The van der Waals surface area contributed by atoms with Crippen LogP contribution in [0.4, 0.5) is 5.95 Å². The van der Waals surface area contributed by atoms with E-state index in [1.807, 2.05) is 30.5 Å². The van der Waals surface area contributed by atoms with Crippen molar-refractivity contribution in [3.63, 3.8) is 0 Å². The second kappa shape index (κ2) is 4.27. The zero-order valence-electron chi connectivity index (χ0n) is 9.80. The first kappa shape index (κ1) is 11.0. The van der Waals surface area contributed by atoms with E-state index in [0.717, 1.165) is 27.4 Å². The highest BCUT2D eigenvalue weighted by Crippen LogP contribution is 2.31. The molecule has 0 amide bonds. The maximum absolute atomic E-state index is 5.42. The third-order valence-electron chi connectivity index (χ3n) is 2.38. The first-order chi connectivity index (χ1) is 8.74. The van der Waals surface area contributed by atoms with Crippen molar-refractivity contribution in [2.24, 2.45) is 0 Å². The third kappa shape index (κ3) is 1.89. The second-order valence-electron chi connectivity index (χ2n) is 3.91. The van der Waals surface area contributed by atoms with Crippen LogP contribution in [0.2, 0.25) is 0 Å². The van der Waals surface area contributed by atoms with Crippen LogP contribution in [-0.2, 0) is 0 Å². The van der Waals surface area contributed by atoms with Crippen molar-refractivity contribution in [2.75, 3.05) is 5.32 Å². The molecule has 0 saturated heterocycles. The van der Waals surface area contributed by atoms with Gasteiger partial charge in [0.1, 0.15) is 5.69 Å². The summed E-state index contributed by atoms with van der Waals surface area (Å²) in [6.45, 7) is 5.67. The lowest BCUT2D eigenvalue weighted by molar-refractivity contribution is 0.581. The summed E-state index contributed by atoms with van der Waals surface area (Å²) >= 11 is 1.60. The Bertz CT molecular complexity index is 700. The molecule has 0 spiro atoms. The Kier molecular flexibility index (Phi) is 2.60. The van der Waals surface area contributed by atoms with E-state index in [0.29, 0.717) is 5.95 Å². The van der Waals surface area contributed by atoms with Crippen LogP contribution in [0.5, 0.6) is 0 Å². The van der Waals surface area contributed by atoms with Gasteiger partial charge >= 0.3 is 0 Å². The molecule has 18 heavy (non-hydrogen) atoms. The molecule has 0 unspecified atom stereocenters. The highest BCUT2D eigenvalue weighted by molar-refractivity contribution is 7.17. The fraction of sp³-hybridized carbons (Fsp3) is 0.0769. The largest absolute Gasteiger partial charge is 0.463 e. The molecule has 0 aliphatic carbocycles. The monoisotopic (exact) mass is 257 g/mol. The number of fused-ring (bicyclic) bond motifs is 1. The van der Waals surface area contributed by atoms with Crippen LogP contribution in [0.3, 0.4) is 0 Å². The molecule has 3 aromatic heterocycles. The van der Waals surface area contributed by atoms with E-state index in [4.69, 9.17) is 4.42 Å². The Morgan fingerprint density at radius 1 is 1.39 bits per heavy atom. The summed E-state index contributed by atoms with van der Waals surface area (Å²) < 4.78 is 6.45. The molecule has 0 aromatic carbocycles. The molecule has 0 radical (unpaired) electrons. The van der Waals surface area contributed by atoms with Crippen molar-refractivity contribution < 1.29 is 4.42 Å². The maximum Gasteiger partial charge on any atom is 0.228 e. The first-order valence-corrected chi connectivity index (χ1v) is 6.33. The van der Waals surface area contributed by atoms with Gasteiger partial charge in [-0.05, 0) is 30.5 Å². The van der Waals surface area contributed by atoms with Crippen LogP contribution < -0.4 is 5.32 Å². The summed E-state index contributed by atoms with van der Waals surface area (Å²) in [5.41, 5.74) is 2.52. The molecule has 0 saturated carbocycles. The number of nitrogens with one attached hydrogen (secondary N) is 1. The first-order valence-electron chi connectivity index (χ1n) is 5.45. The number of anilines is 1. The lowest BCUT2D eigenvalue weighted by Crippen LogP contribution is -2.00. The number of nitrogens with zero attached hydrogens (tertiary/aromatic N) is 2. The van der Waals surface area contributed by atoms with Gasteiger partial charge in [-0.2, -0.15) is 0 Å². The van der Waals surface area contributed by atoms with E-state index in [1.54, 1.807) is 17.6 Å². The van der Waals surface area contributed by atoms with E-state index in [-0.39, 0.29) is 0 Å². The minimum absolute atomic E-state index is 0.541. The molecule has 5 heteroatoms. The fourth-order valence-corrected chi connectivity index (χ4v) is 2.52. The highest BCUT2D eigenvalue weighted by Gasteiger charge is 2.12. The number of rotatable bonds is 3. The summed E-state index contributed by atoms with van der Waals surface area (Å²) in [6, 6.07) is 5.71. The Hall–Kier alpha value is -2.14. The van der Waals surface area contributed by atoms with Crippen LogP contribution in [-0.4, -0.2) is 9.97 Å². The van der Waals surface area contributed by atoms with Gasteiger partial charge in [0, 0.05) is 5.70 Å². The summed E-state index contributed by atoms with van der Waals surface area (Å²) in [4.78, 5) is 8.92. The summed E-state index contributed by atoms with van der Waals surface area (Å²) in [5, 5.41) is 5.03. The SMILES string of the molecule is C=C(C)Nc1nc(-c2ccco2)c2sccc2n1. The van der Waals surface area contributed by atoms with Crippen LogP contribution in [0, 0.1) is 0 Å². The van der Waals surface area contributed by atoms with Gasteiger partial charge in [-0.25, -0.2) is 9.97 Å². The van der Waals surface area contributed by atoms with E-state index < -0.39 is 0 Å². The molecule has 0 fully saturated rings. The predicted molar refractivity (Wildman–Crippen MR) is 73.6 cm³/mol. The van der Waals surface area contributed by atoms with E-state index >= 15 is 0 Å². The van der Waals surface area contributed by atoms with Crippen molar-refractivity contribution in [2.45, 2.75) is 6.92 Å². The number of thiophene rings is 1. The molecule has 0 bridgehead atoms. The molecule has 4 nitrogen and oxygen atoms in total. The molecule has 3 heterocycles.